The number of anilines is 1. The molecule has 6 nitrogen and oxygen atoms in total. The summed E-state index contributed by atoms with van der Waals surface area (Å²) in [4.78, 5) is 24.0. The van der Waals surface area contributed by atoms with Crippen LogP contribution in [0.5, 0.6) is 17.2 Å². The lowest BCUT2D eigenvalue weighted by atomic mass is 10.2. The van der Waals surface area contributed by atoms with Gasteiger partial charge in [-0.25, -0.2) is 0 Å². The number of carbonyl (C=O) groups is 2. The summed E-state index contributed by atoms with van der Waals surface area (Å²) < 4.78 is 11.2. The molecule has 0 aliphatic heterocycles. The summed E-state index contributed by atoms with van der Waals surface area (Å²) in [5.41, 5.74) is 1.23. The normalized spacial score (nSPS) is 10.2. The quantitative estimate of drug-likeness (QED) is 0.545. The van der Waals surface area contributed by atoms with Crippen LogP contribution in [0.4, 0.5) is 5.69 Å². The summed E-state index contributed by atoms with van der Waals surface area (Å²) in [7, 11) is 0. The lowest BCUT2D eigenvalue weighted by molar-refractivity contribution is -0.116. The summed E-state index contributed by atoms with van der Waals surface area (Å²) >= 11 is 0. The number of carbonyl (C=O) groups excluding carboxylic acids is 2. The second kappa shape index (κ2) is 10.7. The van der Waals surface area contributed by atoms with Gasteiger partial charge in [-0.15, -0.1) is 0 Å². The average molecular weight is 404 g/mol. The van der Waals surface area contributed by atoms with Gasteiger partial charge in [-0.1, -0.05) is 18.2 Å². The fraction of sp³-hybridized carbons (Fsp3) is 0.167. The Morgan fingerprint density at radius 3 is 2.03 bits per heavy atom. The minimum Gasteiger partial charge on any atom is -0.494 e. The number of nitrogens with one attached hydrogen (secondary N) is 2. The van der Waals surface area contributed by atoms with E-state index >= 15 is 0 Å². The van der Waals surface area contributed by atoms with Crippen molar-refractivity contribution < 1.29 is 19.1 Å². The Kier molecular flexibility index (Phi) is 7.44. The van der Waals surface area contributed by atoms with Crippen LogP contribution in [0.1, 0.15) is 23.7 Å². The minimum absolute atomic E-state index is 0.177. The highest BCUT2D eigenvalue weighted by molar-refractivity contribution is 5.95. The molecule has 0 unspecified atom stereocenters. The third-order valence-electron chi connectivity index (χ3n) is 4.18. The van der Waals surface area contributed by atoms with Crippen LogP contribution >= 0.6 is 0 Å². The van der Waals surface area contributed by atoms with Gasteiger partial charge in [-0.3, -0.25) is 9.59 Å². The molecule has 3 aromatic rings. The van der Waals surface area contributed by atoms with Gasteiger partial charge >= 0.3 is 0 Å². The zero-order valence-electron chi connectivity index (χ0n) is 16.8. The van der Waals surface area contributed by atoms with Crippen molar-refractivity contribution in [2.75, 3.05) is 18.5 Å². The van der Waals surface area contributed by atoms with Gasteiger partial charge in [0.25, 0.3) is 5.91 Å². The first-order valence-electron chi connectivity index (χ1n) is 9.78. The Labute approximate surface area is 175 Å². The van der Waals surface area contributed by atoms with Crippen molar-refractivity contribution in [2.24, 2.45) is 0 Å². The summed E-state index contributed by atoms with van der Waals surface area (Å²) in [6, 6.07) is 23.4. The summed E-state index contributed by atoms with van der Waals surface area (Å²) in [6.45, 7) is 2.82. The van der Waals surface area contributed by atoms with Crippen LogP contribution in [0.25, 0.3) is 0 Å². The molecule has 0 bridgehead atoms. The largest absolute Gasteiger partial charge is 0.494 e. The molecule has 0 saturated heterocycles. The van der Waals surface area contributed by atoms with E-state index in [-0.39, 0.29) is 24.8 Å². The molecule has 6 heteroatoms. The van der Waals surface area contributed by atoms with Crippen molar-refractivity contribution >= 4 is 17.5 Å². The second-order valence-electron chi connectivity index (χ2n) is 6.45. The molecule has 0 radical (unpaired) electrons. The molecule has 154 valence electrons. The highest BCUT2D eigenvalue weighted by atomic mass is 16.5. The molecule has 2 amide bonds. The van der Waals surface area contributed by atoms with Crippen molar-refractivity contribution in [2.45, 2.75) is 13.3 Å². The van der Waals surface area contributed by atoms with Gasteiger partial charge in [-0.2, -0.15) is 0 Å². The smallest absolute Gasteiger partial charge is 0.251 e. The lowest BCUT2D eigenvalue weighted by Gasteiger charge is -2.09. The Morgan fingerprint density at radius 2 is 1.40 bits per heavy atom. The van der Waals surface area contributed by atoms with Gasteiger partial charge in [0, 0.05) is 24.2 Å². The third kappa shape index (κ3) is 6.38. The fourth-order valence-corrected chi connectivity index (χ4v) is 2.72. The third-order valence-corrected chi connectivity index (χ3v) is 4.18. The molecular weight excluding hydrogens is 380 g/mol. The zero-order chi connectivity index (χ0) is 21.2. The first-order chi connectivity index (χ1) is 14.6. The van der Waals surface area contributed by atoms with Gasteiger partial charge in [0.05, 0.1) is 6.61 Å². The lowest BCUT2D eigenvalue weighted by Crippen LogP contribution is -2.27. The van der Waals surface area contributed by atoms with Crippen molar-refractivity contribution in [3.63, 3.8) is 0 Å². The summed E-state index contributed by atoms with van der Waals surface area (Å²) in [5.74, 6) is 1.78. The van der Waals surface area contributed by atoms with Gasteiger partial charge in [-0.05, 0) is 67.6 Å². The fourth-order valence-electron chi connectivity index (χ4n) is 2.72. The van der Waals surface area contributed by atoms with Gasteiger partial charge < -0.3 is 20.1 Å². The van der Waals surface area contributed by atoms with E-state index in [0.29, 0.717) is 29.4 Å². The highest BCUT2D eigenvalue weighted by Gasteiger charge is 2.07. The molecular formula is C24H24N2O4. The second-order valence-corrected chi connectivity index (χ2v) is 6.45. The summed E-state index contributed by atoms with van der Waals surface area (Å²) in [6.07, 6.45) is 0.184. The maximum Gasteiger partial charge on any atom is 0.251 e. The van der Waals surface area contributed by atoms with Crippen LogP contribution in [0, 0.1) is 0 Å². The number of rotatable bonds is 9. The molecule has 0 saturated carbocycles. The number of ether oxygens (including phenoxy) is 2. The maximum absolute atomic E-state index is 12.1. The zero-order valence-corrected chi connectivity index (χ0v) is 16.8. The molecule has 3 aromatic carbocycles. The average Bonchev–Trinajstić information content (AvgIpc) is 2.77. The molecule has 0 fully saturated rings. The van der Waals surface area contributed by atoms with E-state index in [2.05, 4.69) is 10.6 Å². The number of hydrogen-bond acceptors (Lipinski definition) is 4. The monoisotopic (exact) mass is 404 g/mol. The topological polar surface area (TPSA) is 76.7 Å². The van der Waals surface area contributed by atoms with E-state index in [1.165, 1.54) is 0 Å². The van der Waals surface area contributed by atoms with E-state index in [0.717, 1.165) is 5.75 Å². The van der Waals surface area contributed by atoms with Crippen molar-refractivity contribution in [3.05, 3.63) is 84.4 Å². The summed E-state index contributed by atoms with van der Waals surface area (Å²) in [5, 5.41) is 5.54. The molecule has 0 aliphatic carbocycles. The van der Waals surface area contributed by atoms with Crippen LogP contribution in [0.15, 0.2) is 78.9 Å². The molecule has 30 heavy (non-hydrogen) atoms. The van der Waals surface area contributed by atoms with Gasteiger partial charge in [0.1, 0.15) is 17.2 Å². The SMILES string of the molecule is CCOc1ccc(Oc2ccc(NC(=O)CCNC(=O)c3ccccc3)cc2)cc1. The molecule has 3 rings (SSSR count). The maximum atomic E-state index is 12.1. The predicted molar refractivity (Wildman–Crippen MR) is 116 cm³/mol. The van der Waals surface area contributed by atoms with E-state index < -0.39 is 0 Å². The van der Waals surface area contributed by atoms with Crippen LogP contribution in [0.2, 0.25) is 0 Å². The number of benzene rings is 3. The van der Waals surface area contributed by atoms with E-state index in [9.17, 15) is 9.59 Å². The van der Waals surface area contributed by atoms with Gasteiger partial charge in [0.15, 0.2) is 0 Å². The first-order valence-corrected chi connectivity index (χ1v) is 9.78. The molecule has 0 heterocycles. The van der Waals surface area contributed by atoms with Crippen LogP contribution in [-0.4, -0.2) is 25.0 Å². The molecule has 0 spiro atoms. The standard InChI is InChI=1S/C24H24N2O4/c1-2-29-20-12-14-22(15-13-20)30-21-10-8-19(9-11-21)26-23(27)16-17-25-24(28)18-6-4-3-5-7-18/h3-15H,2,16-17H2,1H3,(H,25,28)(H,26,27). The highest BCUT2D eigenvalue weighted by Crippen LogP contribution is 2.25. The van der Waals surface area contributed by atoms with Crippen LogP contribution in [-0.2, 0) is 4.79 Å². The van der Waals surface area contributed by atoms with Gasteiger partial charge in [0.2, 0.25) is 5.91 Å². The predicted octanol–water partition coefficient (Wildman–Crippen LogP) is 4.64. The molecule has 2 N–H and O–H groups in total. The minimum atomic E-state index is -0.195. The van der Waals surface area contributed by atoms with Crippen LogP contribution < -0.4 is 20.1 Å². The first kappa shape index (κ1) is 20.9. The van der Waals surface area contributed by atoms with E-state index in [4.69, 9.17) is 9.47 Å². The number of amides is 2. The van der Waals surface area contributed by atoms with Crippen molar-refractivity contribution in [1.82, 2.24) is 5.32 Å². The Morgan fingerprint density at radius 1 is 0.800 bits per heavy atom. The molecule has 0 aromatic heterocycles. The van der Waals surface area contributed by atoms with E-state index in [1.54, 1.807) is 48.5 Å². The van der Waals surface area contributed by atoms with Crippen LogP contribution in [0.3, 0.4) is 0 Å². The Balaban J connectivity index is 1.43. The van der Waals surface area contributed by atoms with Crippen molar-refractivity contribution in [1.29, 1.82) is 0 Å². The molecule has 0 aliphatic rings. The molecule has 0 atom stereocenters. The van der Waals surface area contributed by atoms with E-state index in [1.807, 2.05) is 37.3 Å². The Hall–Kier alpha value is -3.80. The number of hydrogen-bond donors (Lipinski definition) is 2. The Bertz CT molecular complexity index is 955. The van der Waals surface area contributed by atoms with Crippen molar-refractivity contribution in [3.8, 4) is 17.2 Å².